The van der Waals surface area contributed by atoms with Crippen LogP contribution in [-0.4, -0.2) is 25.1 Å². The molecule has 0 aliphatic carbocycles. The monoisotopic (exact) mass is 269 g/mol. The zero-order valence-corrected chi connectivity index (χ0v) is 12.6. The van der Waals surface area contributed by atoms with E-state index < -0.39 is 0 Å². The van der Waals surface area contributed by atoms with Crippen molar-refractivity contribution in [3.8, 4) is 0 Å². The Kier molecular flexibility index (Phi) is 6.44. The summed E-state index contributed by atoms with van der Waals surface area (Å²) in [5.41, 5.74) is 1.12. The molecule has 0 fully saturated rings. The lowest BCUT2D eigenvalue weighted by atomic mass is 10.2. The zero-order valence-electron chi connectivity index (χ0n) is 11.8. The number of anilines is 1. The van der Waals surface area contributed by atoms with Crippen LogP contribution in [0.2, 0.25) is 5.02 Å². The molecule has 0 spiro atoms. The molecule has 0 atom stereocenters. The Labute approximate surface area is 116 Å². The van der Waals surface area contributed by atoms with E-state index in [1.54, 1.807) is 6.20 Å². The molecule has 1 rings (SSSR count). The SMILES string of the molecule is CCCNCc1cc(N(C)CC(C)C)ncc1Cl. The molecule has 0 aliphatic rings. The Bertz CT molecular complexity index is 366. The van der Waals surface area contributed by atoms with Gasteiger partial charge in [0.05, 0.1) is 5.02 Å². The van der Waals surface area contributed by atoms with Gasteiger partial charge >= 0.3 is 0 Å². The summed E-state index contributed by atoms with van der Waals surface area (Å²) in [7, 11) is 2.07. The molecule has 0 saturated heterocycles. The van der Waals surface area contributed by atoms with Crippen molar-refractivity contribution < 1.29 is 0 Å². The van der Waals surface area contributed by atoms with E-state index >= 15 is 0 Å². The van der Waals surface area contributed by atoms with Crippen LogP contribution in [0, 0.1) is 5.92 Å². The second-order valence-electron chi connectivity index (χ2n) is 5.09. The predicted molar refractivity (Wildman–Crippen MR) is 79.4 cm³/mol. The van der Waals surface area contributed by atoms with E-state index in [-0.39, 0.29) is 0 Å². The molecule has 1 aromatic rings. The maximum Gasteiger partial charge on any atom is 0.128 e. The number of halogens is 1. The molecular formula is C14H24ClN3. The van der Waals surface area contributed by atoms with Crippen molar-refractivity contribution in [2.75, 3.05) is 25.0 Å². The van der Waals surface area contributed by atoms with Crippen molar-refractivity contribution >= 4 is 17.4 Å². The van der Waals surface area contributed by atoms with Gasteiger partial charge in [-0.15, -0.1) is 0 Å². The van der Waals surface area contributed by atoms with Gasteiger partial charge in [0, 0.05) is 26.3 Å². The first-order chi connectivity index (χ1) is 8.54. The van der Waals surface area contributed by atoms with Crippen LogP contribution in [0.4, 0.5) is 5.82 Å². The van der Waals surface area contributed by atoms with Crippen molar-refractivity contribution in [3.05, 3.63) is 22.8 Å². The van der Waals surface area contributed by atoms with Gasteiger partial charge in [0.1, 0.15) is 5.82 Å². The van der Waals surface area contributed by atoms with Crippen molar-refractivity contribution in [1.82, 2.24) is 10.3 Å². The lowest BCUT2D eigenvalue weighted by Crippen LogP contribution is -2.24. The fourth-order valence-electron chi connectivity index (χ4n) is 1.85. The second-order valence-corrected chi connectivity index (χ2v) is 5.49. The highest BCUT2D eigenvalue weighted by Gasteiger charge is 2.08. The summed E-state index contributed by atoms with van der Waals surface area (Å²) < 4.78 is 0. The molecule has 18 heavy (non-hydrogen) atoms. The first-order valence-electron chi connectivity index (χ1n) is 6.60. The molecule has 0 aliphatic heterocycles. The average molecular weight is 270 g/mol. The molecule has 0 aromatic carbocycles. The largest absolute Gasteiger partial charge is 0.359 e. The van der Waals surface area contributed by atoms with E-state index in [0.717, 1.165) is 42.5 Å². The highest BCUT2D eigenvalue weighted by Crippen LogP contribution is 2.20. The highest BCUT2D eigenvalue weighted by molar-refractivity contribution is 6.31. The van der Waals surface area contributed by atoms with Crippen LogP contribution in [-0.2, 0) is 6.54 Å². The van der Waals surface area contributed by atoms with Gasteiger partial charge in [0.25, 0.3) is 0 Å². The summed E-state index contributed by atoms with van der Waals surface area (Å²) in [6.45, 7) is 9.37. The smallest absolute Gasteiger partial charge is 0.128 e. The average Bonchev–Trinajstić information content (AvgIpc) is 2.30. The van der Waals surface area contributed by atoms with Crippen molar-refractivity contribution in [3.63, 3.8) is 0 Å². The topological polar surface area (TPSA) is 28.2 Å². The summed E-state index contributed by atoms with van der Waals surface area (Å²) >= 11 is 6.16. The van der Waals surface area contributed by atoms with Gasteiger partial charge in [0.15, 0.2) is 0 Å². The number of hydrogen-bond donors (Lipinski definition) is 1. The molecule has 102 valence electrons. The molecule has 0 amide bonds. The third-order valence-electron chi connectivity index (χ3n) is 2.69. The fourth-order valence-corrected chi connectivity index (χ4v) is 2.02. The van der Waals surface area contributed by atoms with Gasteiger partial charge in [-0.25, -0.2) is 4.98 Å². The third kappa shape index (κ3) is 4.83. The van der Waals surface area contributed by atoms with Gasteiger partial charge in [-0.05, 0) is 30.5 Å². The molecule has 0 bridgehead atoms. The quantitative estimate of drug-likeness (QED) is 0.770. The number of pyridine rings is 1. The van der Waals surface area contributed by atoms with Crippen LogP contribution in [0.15, 0.2) is 12.3 Å². The first kappa shape index (κ1) is 15.3. The van der Waals surface area contributed by atoms with E-state index in [9.17, 15) is 0 Å². The maximum atomic E-state index is 6.16. The fraction of sp³-hybridized carbons (Fsp3) is 0.643. The van der Waals surface area contributed by atoms with E-state index in [1.165, 1.54) is 0 Å². The van der Waals surface area contributed by atoms with Gasteiger partial charge in [-0.1, -0.05) is 32.4 Å². The summed E-state index contributed by atoms with van der Waals surface area (Å²) in [4.78, 5) is 6.56. The predicted octanol–water partition coefficient (Wildman–Crippen LogP) is 3.33. The van der Waals surface area contributed by atoms with E-state index in [4.69, 9.17) is 11.6 Å². The highest BCUT2D eigenvalue weighted by atomic mass is 35.5. The molecule has 0 unspecified atom stereocenters. The Morgan fingerprint density at radius 1 is 1.44 bits per heavy atom. The lowest BCUT2D eigenvalue weighted by Gasteiger charge is -2.21. The molecule has 0 radical (unpaired) electrons. The zero-order chi connectivity index (χ0) is 13.5. The molecule has 3 nitrogen and oxygen atoms in total. The third-order valence-corrected chi connectivity index (χ3v) is 3.03. The molecule has 4 heteroatoms. The Morgan fingerprint density at radius 3 is 2.78 bits per heavy atom. The van der Waals surface area contributed by atoms with Crippen LogP contribution >= 0.6 is 11.6 Å². The van der Waals surface area contributed by atoms with Crippen molar-refractivity contribution in [2.45, 2.75) is 33.7 Å². The van der Waals surface area contributed by atoms with Gasteiger partial charge in [-0.2, -0.15) is 0 Å². The van der Waals surface area contributed by atoms with E-state index in [0.29, 0.717) is 5.92 Å². The van der Waals surface area contributed by atoms with Gasteiger partial charge in [0.2, 0.25) is 0 Å². The van der Waals surface area contributed by atoms with Crippen molar-refractivity contribution in [1.29, 1.82) is 0 Å². The molecule has 1 N–H and O–H groups in total. The number of hydrogen-bond acceptors (Lipinski definition) is 3. The first-order valence-corrected chi connectivity index (χ1v) is 6.98. The van der Waals surface area contributed by atoms with Crippen LogP contribution in [0.3, 0.4) is 0 Å². The lowest BCUT2D eigenvalue weighted by molar-refractivity contribution is 0.633. The Balaban J connectivity index is 2.73. The molecular weight excluding hydrogens is 246 g/mol. The number of aromatic nitrogens is 1. The van der Waals surface area contributed by atoms with Crippen molar-refractivity contribution in [2.24, 2.45) is 5.92 Å². The minimum absolute atomic E-state index is 0.620. The molecule has 1 heterocycles. The summed E-state index contributed by atoms with van der Waals surface area (Å²) in [6, 6.07) is 2.08. The van der Waals surface area contributed by atoms with Crippen LogP contribution in [0.1, 0.15) is 32.8 Å². The normalized spacial score (nSPS) is 11.0. The molecule has 0 saturated carbocycles. The summed E-state index contributed by atoms with van der Waals surface area (Å²) in [6.07, 6.45) is 2.87. The standard InChI is InChI=1S/C14H24ClN3/c1-5-6-16-8-12-7-14(17-9-13(12)15)18(4)10-11(2)3/h7,9,11,16H,5-6,8,10H2,1-4H3. The summed E-state index contributed by atoms with van der Waals surface area (Å²) in [5, 5.41) is 4.10. The number of rotatable bonds is 7. The maximum absolute atomic E-state index is 6.16. The van der Waals surface area contributed by atoms with Crippen LogP contribution < -0.4 is 10.2 Å². The van der Waals surface area contributed by atoms with Gasteiger partial charge in [-0.3, -0.25) is 0 Å². The minimum atomic E-state index is 0.620. The molecule has 1 aromatic heterocycles. The van der Waals surface area contributed by atoms with E-state index in [2.05, 4.69) is 49.1 Å². The minimum Gasteiger partial charge on any atom is -0.359 e. The van der Waals surface area contributed by atoms with Gasteiger partial charge < -0.3 is 10.2 Å². The Morgan fingerprint density at radius 2 is 2.17 bits per heavy atom. The summed E-state index contributed by atoms with van der Waals surface area (Å²) in [5.74, 6) is 1.61. The van der Waals surface area contributed by atoms with Crippen LogP contribution in [0.25, 0.3) is 0 Å². The second kappa shape index (κ2) is 7.59. The number of nitrogens with one attached hydrogen (secondary N) is 1. The Hall–Kier alpha value is -0.800. The number of nitrogens with zero attached hydrogens (tertiary/aromatic N) is 2. The van der Waals surface area contributed by atoms with E-state index in [1.807, 2.05) is 0 Å². The van der Waals surface area contributed by atoms with Crippen LogP contribution in [0.5, 0.6) is 0 Å².